The van der Waals surface area contributed by atoms with E-state index in [4.69, 9.17) is 9.47 Å². The Kier molecular flexibility index (Phi) is 5.14. The quantitative estimate of drug-likeness (QED) is 0.500. The van der Waals surface area contributed by atoms with Crippen molar-refractivity contribution >= 4 is 23.5 Å². The second kappa shape index (κ2) is 7.38. The summed E-state index contributed by atoms with van der Waals surface area (Å²) in [5.41, 5.74) is -1.04. The number of ketones is 2. The molecule has 1 aliphatic carbocycles. The topological polar surface area (TPSA) is 86.7 Å². The fourth-order valence-electron chi connectivity index (χ4n) is 3.42. The van der Waals surface area contributed by atoms with Crippen LogP contribution in [0, 0.1) is 0 Å². The van der Waals surface area contributed by atoms with Crippen molar-refractivity contribution in [2.24, 2.45) is 0 Å². The summed E-state index contributed by atoms with van der Waals surface area (Å²) in [5, 5.41) is 0. The van der Waals surface area contributed by atoms with E-state index < -0.39 is 23.1 Å². The molecule has 0 heterocycles. The summed E-state index contributed by atoms with van der Waals surface area (Å²) in [4.78, 5) is 51.7. The summed E-state index contributed by atoms with van der Waals surface area (Å²) in [6.07, 6.45) is 0. The van der Waals surface area contributed by atoms with Crippen LogP contribution in [0.3, 0.4) is 0 Å². The molecule has 2 aromatic carbocycles. The number of benzene rings is 2. The van der Waals surface area contributed by atoms with Crippen LogP contribution < -0.4 is 0 Å². The second-order valence-electron chi connectivity index (χ2n) is 6.50. The number of carbonyl (C=O) groups excluding carboxylic acids is 4. The lowest BCUT2D eigenvalue weighted by Crippen LogP contribution is -2.45. The predicted octanol–water partition coefficient (Wildman–Crippen LogP) is 2.85. The molecule has 6 heteroatoms. The van der Waals surface area contributed by atoms with Crippen LogP contribution in [0.15, 0.2) is 42.5 Å². The molecule has 0 aliphatic heterocycles. The van der Waals surface area contributed by atoms with Gasteiger partial charge in [-0.3, -0.25) is 19.2 Å². The Bertz CT molecular complexity index is 970. The minimum absolute atomic E-state index is 0.0369. The maximum atomic E-state index is 13.2. The van der Waals surface area contributed by atoms with Gasteiger partial charge in [-0.1, -0.05) is 42.5 Å². The number of hydrogen-bond donors (Lipinski definition) is 0. The maximum Gasteiger partial charge on any atom is 0.327 e. The number of fused-ring (bicyclic) bond motifs is 2. The van der Waals surface area contributed by atoms with E-state index >= 15 is 0 Å². The van der Waals surface area contributed by atoms with Gasteiger partial charge in [0.15, 0.2) is 17.0 Å². The third kappa shape index (κ3) is 2.81. The first kappa shape index (κ1) is 19.5. The number of esters is 2. The molecule has 144 valence electrons. The van der Waals surface area contributed by atoms with Crippen LogP contribution in [-0.4, -0.2) is 36.7 Å². The zero-order chi connectivity index (χ0) is 20.5. The smallest absolute Gasteiger partial charge is 0.327 e. The molecule has 0 spiro atoms. The molecule has 0 unspecified atom stereocenters. The molecular formula is C22H20O6. The summed E-state index contributed by atoms with van der Waals surface area (Å²) < 4.78 is 10.2. The van der Waals surface area contributed by atoms with Gasteiger partial charge in [-0.25, -0.2) is 0 Å². The van der Waals surface area contributed by atoms with Crippen molar-refractivity contribution < 1.29 is 28.7 Å². The maximum absolute atomic E-state index is 13.2. The van der Waals surface area contributed by atoms with Gasteiger partial charge in [0.25, 0.3) is 0 Å². The highest BCUT2D eigenvalue weighted by Gasteiger charge is 2.49. The van der Waals surface area contributed by atoms with Crippen molar-refractivity contribution in [3.8, 4) is 0 Å². The van der Waals surface area contributed by atoms with Crippen LogP contribution in [0.25, 0.3) is 0 Å². The Balaban J connectivity index is 2.28. The Morgan fingerprint density at radius 3 is 1.82 bits per heavy atom. The lowest BCUT2D eigenvalue weighted by molar-refractivity contribution is -0.163. The highest BCUT2D eigenvalue weighted by atomic mass is 16.6. The first-order chi connectivity index (χ1) is 13.4. The van der Waals surface area contributed by atoms with E-state index in [0.717, 1.165) is 0 Å². The molecule has 1 aliphatic rings. The molecule has 0 fully saturated rings. The molecule has 0 N–H and O–H groups in total. The van der Waals surface area contributed by atoms with Crippen LogP contribution in [0.5, 0.6) is 0 Å². The standard InChI is InChI=1S/C22H20O6/c1-4-27-20(25)22(3,21(26)28-5-2)16-12-8-11-15-17(16)19(24)14-10-7-6-9-13(14)18(15)23/h6-12H,4-5H2,1-3H3. The van der Waals surface area contributed by atoms with Gasteiger partial charge in [0, 0.05) is 22.3 Å². The third-order valence-corrected chi connectivity index (χ3v) is 4.86. The van der Waals surface area contributed by atoms with Gasteiger partial charge in [0.2, 0.25) is 0 Å². The largest absolute Gasteiger partial charge is 0.465 e. The van der Waals surface area contributed by atoms with Gasteiger partial charge >= 0.3 is 11.9 Å². The number of hydrogen-bond acceptors (Lipinski definition) is 6. The highest BCUT2D eigenvalue weighted by Crippen LogP contribution is 2.37. The molecule has 0 bridgehead atoms. The van der Waals surface area contributed by atoms with Crippen LogP contribution in [0.4, 0.5) is 0 Å². The lowest BCUT2D eigenvalue weighted by atomic mass is 9.73. The van der Waals surface area contributed by atoms with Crippen LogP contribution in [0.1, 0.15) is 58.2 Å². The highest BCUT2D eigenvalue weighted by molar-refractivity contribution is 6.29. The third-order valence-electron chi connectivity index (χ3n) is 4.86. The summed E-state index contributed by atoms with van der Waals surface area (Å²) >= 11 is 0. The fraction of sp³-hybridized carbons (Fsp3) is 0.273. The molecule has 0 atom stereocenters. The molecular weight excluding hydrogens is 360 g/mol. The van der Waals surface area contributed by atoms with Crippen molar-refractivity contribution in [3.63, 3.8) is 0 Å². The molecule has 0 radical (unpaired) electrons. The van der Waals surface area contributed by atoms with Gasteiger partial charge in [-0.2, -0.15) is 0 Å². The Morgan fingerprint density at radius 1 is 0.786 bits per heavy atom. The lowest BCUT2D eigenvalue weighted by Gasteiger charge is -2.29. The van der Waals surface area contributed by atoms with Crippen LogP contribution in [-0.2, 0) is 24.5 Å². The van der Waals surface area contributed by atoms with Crippen molar-refractivity contribution in [2.45, 2.75) is 26.2 Å². The SMILES string of the molecule is CCOC(=O)C(C)(C(=O)OCC)c1cccc2c1C(=O)c1ccccc1C2=O. The van der Waals surface area contributed by atoms with Crippen molar-refractivity contribution in [1.82, 2.24) is 0 Å². The minimum Gasteiger partial charge on any atom is -0.465 e. The van der Waals surface area contributed by atoms with Gasteiger partial charge in [0.05, 0.1) is 13.2 Å². The predicted molar refractivity (Wildman–Crippen MR) is 100 cm³/mol. The van der Waals surface area contributed by atoms with E-state index in [0.29, 0.717) is 5.56 Å². The number of ether oxygens (including phenoxy) is 2. The van der Waals surface area contributed by atoms with Crippen LogP contribution in [0.2, 0.25) is 0 Å². The van der Waals surface area contributed by atoms with Crippen molar-refractivity contribution in [2.75, 3.05) is 13.2 Å². The molecule has 0 saturated heterocycles. The minimum atomic E-state index is -1.88. The van der Waals surface area contributed by atoms with E-state index in [2.05, 4.69) is 0 Å². The van der Waals surface area contributed by atoms with Gasteiger partial charge in [-0.15, -0.1) is 0 Å². The van der Waals surface area contributed by atoms with Gasteiger partial charge in [0.1, 0.15) is 0 Å². The monoisotopic (exact) mass is 380 g/mol. The number of rotatable bonds is 5. The normalized spacial score (nSPS) is 12.8. The molecule has 2 aromatic rings. The van der Waals surface area contributed by atoms with Gasteiger partial charge in [-0.05, 0) is 26.3 Å². The molecule has 0 saturated carbocycles. The first-order valence-corrected chi connectivity index (χ1v) is 9.04. The Morgan fingerprint density at radius 2 is 1.29 bits per heavy atom. The zero-order valence-corrected chi connectivity index (χ0v) is 15.9. The summed E-state index contributed by atoms with van der Waals surface area (Å²) in [6, 6.07) is 11.0. The molecule has 0 aromatic heterocycles. The summed E-state index contributed by atoms with van der Waals surface area (Å²) in [5.74, 6) is -2.41. The molecule has 6 nitrogen and oxygen atoms in total. The summed E-state index contributed by atoms with van der Waals surface area (Å²) in [7, 11) is 0. The average Bonchev–Trinajstić information content (AvgIpc) is 2.71. The second-order valence-corrected chi connectivity index (χ2v) is 6.50. The van der Waals surface area contributed by atoms with Crippen molar-refractivity contribution in [3.05, 3.63) is 70.3 Å². The summed E-state index contributed by atoms with van der Waals surface area (Å²) in [6.45, 7) is 4.71. The van der Waals surface area contributed by atoms with Crippen LogP contribution >= 0.6 is 0 Å². The molecule has 0 amide bonds. The molecule has 28 heavy (non-hydrogen) atoms. The van der Waals surface area contributed by atoms with E-state index in [9.17, 15) is 19.2 Å². The molecule has 3 rings (SSSR count). The van der Waals surface area contributed by atoms with E-state index in [1.807, 2.05) is 0 Å². The first-order valence-electron chi connectivity index (χ1n) is 9.04. The fourth-order valence-corrected chi connectivity index (χ4v) is 3.42. The zero-order valence-electron chi connectivity index (χ0n) is 15.9. The average molecular weight is 380 g/mol. The van der Waals surface area contributed by atoms with Gasteiger partial charge < -0.3 is 9.47 Å². The van der Waals surface area contributed by atoms with Crippen molar-refractivity contribution in [1.29, 1.82) is 0 Å². The van der Waals surface area contributed by atoms with E-state index in [1.165, 1.54) is 19.1 Å². The Labute approximate surface area is 162 Å². The van der Waals surface area contributed by atoms with E-state index in [-0.39, 0.29) is 41.3 Å². The number of carbonyl (C=O) groups is 4. The van der Waals surface area contributed by atoms with E-state index in [1.54, 1.807) is 44.2 Å². The Hall–Kier alpha value is -3.28.